The molecule has 0 aromatic carbocycles. The molecule has 4 heteroatoms. The zero-order chi connectivity index (χ0) is 11.1. The second-order valence-corrected chi connectivity index (χ2v) is 5.53. The molecule has 15 heavy (non-hydrogen) atoms. The van der Waals surface area contributed by atoms with Gasteiger partial charge in [0.15, 0.2) is 0 Å². The summed E-state index contributed by atoms with van der Waals surface area (Å²) in [5.74, 6) is 2.51. The van der Waals surface area contributed by atoms with E-state index in [9.17, 15) is 0 Å². The van der Waals surface area contributed by atoms with Crippen LogP contribution in [0.25, 0.3) is 0 Å². The SMILES string of the molecule is COCCCN(C)C1(CN)CCSCC1. The van der Waals surface area contributed by atoms with Crippen molar-refractivity contribution in [2.45, 2.75) is 24.8 Å². The molecule has 0 bridgehead atoms. The number of nitrogens with zero attached hydrogens (tertiary/aromatic N) is 1. The molecule has 1 fully saturated rings. The van der Waals surface area contributed by atoms with Gasteiger partial charge in [-0.3, -0.25) is 4.90 Å². The van der Waals surface area contributed by atoms with Gasteiger partial charge in [-0.2, -0.15) is 11.8 Å². The van der Waals surface area contributed by atoms with E-state index < -0.39 is 0 Å². The molecule has 0 amide bonds. The molecule has 0 unspecified atom stereocenters. The predicted molar refractivity (Wildman–Crippen MR) is 67.5 cm³/mol. The quantitative estimate of drug-likeness (QED) is 0.698. The first-order valence-corrected chi connectivity index (χ1v) is 6.88. The van der Waals surface area contributed by atoms with E-state index in [1.165, 1.54) is 24.3 Å². The van der Waals surface area contributed by atoms with E-state index >= 15 is 0 Å². The Morgan fingerprint density at radius 2 is 2.07 bits per heavy atom. The average Bonchev–Trinajstić information content (AvgIpc) is 2.30. The third-order valence-electron chi connectivity index (χ3n) is 3.46. The van der Waals surface area contributed by atoms with E-state index in [0.29, 0.717) is 0 Å². The fourth-order valence-electron chi connectivity index (χ4n) is 2.18. The van der Waals surface area contributed by atoms with Crippen LogP contribution in [0.1, 0.15) is 19.3 Å². The Morgan fingerprint density at radius 3 is 2.60 bits per heavy atom. The minimum Gasteiger partial charge on any atom is -0.385 e. The average molecular weight is 232 g/mol. The van der Waals surface area contributed by atoms with Crippen LogP contribution < -0.4 is 5.73 Å². The standard InChI is InChI=1S/C11H24N2OS/c1-13(6-3-7-14-2)11(10-12)4-8-15-9-5-11/h3-10,12H2,1-2H3. The van der Waals surface area contributed by atoms with E-state index in [0.717, 1.165) is 26.1 Å². The first kappa shape index (κ1) is 13.3. The summed E-state index contributed by atoms with van der Waals surface area (Å²) in [6, 6.07) is 0. The summed E-state index contributed by atoms with van der Waals surface area (Å²) in [5, 5.41) is 0. The van der Waals surface area contributed by atoms with Crippen LogP contribution in [-0.4, -0.2) is 55.8 Å². The van der Waals surface area contributed by atoms with Gasteiger partial charge >= 0.3 is 0 Å². The summed E-state index contributed by atoms with van der Waals surface area (Å²) in [5.41, 5.74) is 6.22. The number of ether oxygens (including phenoxy) is 1. The maximum absolute atomic E-state index is 5.96. The van der Waals surface area contributed by atoms with Gasteiger partial charge < -0.3 is 10.5 Å². The minimum atomic E-state index is 0.263. The zero-order valence-electron chi connectivity index (χ0n) is 10.00. The number of thioether (sulfide) groups is 1. The third kappa shape index (κ3) is 3.63. The number of nitrogens with two attached hydrogens (primary N) is 1. The van der Waals surface area contributed by atoms with Crippen molar-refractivity contribution in [1.82, 2.24) is 4.90 Å². The molecular formula is C11H24N2OS. The fraction of sp³-hybridized carbons (Fsp3) is 1.00. The van der Waals surface area contributed by atoms with Gasteiger partial charge in [0.1, 0.15) is 0 Å². The van der Waals surface area contributed by atoms with Crippen molar-refractivity contribution in [3.8, 4) is 0 Å². The first-order chi connectivity index (χ1) is 7.25. The molecule has 1 rings (SSSR count). The van der Waals surface area contributed by atoms with Gasteiger partial charge in [0.05, 0.1) is 0 Å². The molecule has 0 spiro atoms. The second-order valence-electron chi connectivity index (χ2n) is 4.31. The predicted octanol–water partition coefficient (Wildman–Crippen LogP) is 1.18. The summed E-state index contributed by atoms with van der Waals surface area (Å²) in [6.45, 7) is 2.73. The fourth-order valence-corrected chi connectivity index (χ4v) is 3.43. The monoisotopic (exact) mass is 232 g/mol. The molecule has 1 aliphatic heterocycles. The molecule has 0 atom stereocenters. The van der Waals surface area contributed by atoms with E-state index in [1.807, 2.05) is 0 Å². The van der Waals surface area contributed by atoms with Crippen molar-refractivity contribution in [1.29, 1.82) is 0 Å². The molecule has 0 aromatic rings. The molecule has 0 saturated carbocycles. The minimum absolute atomic E-state index is 0.263. The van der Waals surface area contributed by atoms with Gasteiger partial charge in [0.2, 0.25) is 0 Å². The lowest BCUT2D eigenvalue weighted by molar-refractivity contribution is 0.0984. The summed E-state index contributed by atoms with van der Waals surface area (Å²) in [6.07, 6.45) is 3.57. The van der Waals surface area contributed by atoms with Crippen LogP contribution in [-0.2, 0) is 4.74 Å². The van der Waals surface area contributed by atoms with Crippen LogP contribution in [0.2, 0.25) is 0 Å². The maximum Gasteiger partial charge on any atom is 0.0474 e. The van der Waals surface area contributed by atoms with Gasteiger partial charge in [0.25, 0.3) is 0 Å². The summed E-state index contributed by atoms with van der Waals surface area (Å²) in [7, 11) is 3.97. The van der Waals surface area contributed by atoms with E-state index in [-0.39, 0.29) is 5.54 Å². The highest BCUT2D eigenvalue weighted by atomic mass is 32.2. The Kier molecular flexibility index (Phi) is 5.97. The van der Waals surface area contributed by atoms with Crippen molar-refractivity contribution in [2.24, 2.45) is 5.73 Å². The Hall–Kier alpha value is 0.230. The van der Waals surface area contributed by atoms with Crippen LogP contribution in [0.5, 0.6) is 0 Å². The van der Waals surface area contributed by atoms with Crippen molar-refractivity contribution in [3.63, 3.8) is 0 Å². The zero-order valence-corrected chi connectivity index (χ0v) is 10.8. The molecule has 2 N–H and O–H groups in total. The summed E-state index contributed by atoms with van der Waals surface area (Å²) in [4.78, 5) is 2.45. The maximum atomic E-state index is 5.96. The number of rotatable bonds is 6. The van der Waals surface area contributed by atoms with Crippen LogP contribution in [0, 0.1) is 0 Å². The van der Waals surface area contributed by atoms with E-state index in [4.69, 9.17) is 10.5 Å². The highest BCUT2D eigenvalue weighted by Gasteiger charge is 2.34. The number of methoxy groups -OCH3 is 1. The highest BCUT2D eigenvalue weighted by Crippen LogP contribution is 2.30. The van der Waals surface area contributed by atoms with Crippen molar-refractivity contribution >= 4 is 11.8 Å². The van der Waals surface area contributed by atoms with Crippen LogP contribution in [0.3, 0.4) is 0 Å². The van der Waals surface area contributed by atoms with Crippen LogP contribution in [0.4, 0.5) is 0 Å². The van der Waals surface area contributed by atoms with Crippen LogP contribution >= 0.6 is 11.8 Å². The lowest BCUT2D eigenvalue weighted by atomic mass is 9.90. The molecule has 1 heterocycles. The molecule has 3 nitrogen and oxygen atoms in total. The molecule has 1 saturated heterocycles. The molecular weight excluding hydrogens is 208 g/mol. The molecule has 0 aliphatic carbocycles. The third-order valence-corrected chi connectivity index (χ3v) is 4.44. The van der Waals surface area contributed by atoms with Gasteiger partial charge in [-0.05, 0) is 37.8 Å². The van der Waals surface area contributed by atoms with Gasteiger partial charge in [-0.15, -0.1) is 0 Å². The highest BCUT2D eigenvalue weighted by molar-refractivity contribution is 7.99. The van der Waals surface area contributed by atoms with E-state index in [1.54, 1.807) is 7.11 Å². The van der Waals surface area contributed by atoms with Crippen molar-refractivity contribution < 1.29 is 4.74 Å². The van der Waals surface area contributed by atoms with Gasteiger partial charge in [-0.25, -0.2) is 0 Å². The number of hydrogen-bond acceptors (Lipinski definition) is 4. The Bertz CT molecular complexity index is 172. The summed E-state index contributed by atoms with van der Waals surface area (Å²) < 4.78 is 5.08. The number of hydrogen-bond donors (Lipinski definition) is 1. The summed E-state index contributed by atoms with van der Waals surface area (Å²) >= 11 is 2.05. The molecule has 1 aliphatic rings. The lowest BCUT2D eigenvalue weighted by Gasteiger charge is -2.44. The second kappa shape index (κ2) is 6.74. The molecule has 90 valence electrons. The van der Waals surface area contributed by atoms with Crippen molar-refractivity contribution in [2.75, 3.05) is 45.4 Å². The Morgan fingerprint density at radius 1 is 1.40 bits per heavy atom. The van der Waals surface area contributed by atoms with E-state index in [2.05, 4.69) is 23.7 Å². The van der Waals surface area contributed by atoms with Crippen molar-refractivity contribution in [3.05, 3.63) is 0 Å². The topological polar surface area (TPSA) is 38.5 Å². The lowest BCUT2D eigenvalue weighted by Crippen LogP contribution is -2.54. The van der Waals surface area contributed by atoms with Gasteiger partial charge in [-0.1, -0.05) is 0 Å². The Balaban J connectivity index is 2.40. The Labute approximate surface area is 97.7 Å². The molecule has 0 aromatic heterocycles. The smallest absolute Gasteiger partial charge is 0.0474 e. The number of likely N-dealkylation sites (N-methyl/N-ethyl adjacent to an activating group) is 1. The first-order valence-electron chi connectivity index (χ1n) is 5.73. The largest absolute Gasteiger partial charge is 0.385 e. The normalized spacial score (nSPS) is 20.8. The van der Waals surface area contributed by atoms with Crippen LogP contribution in [0.15, 0.2) is 0 Å². The molecule has 0 radical (unpaired) electrons. The van der Waals surface area contributed by atoms with Gasteiger partial charge in [0, 0.05) is 32.3 Å².